The molecule has 1 aliphatic rings. The van der Waals surface area contributed by atoms with E-state index in [2.05, 4.69) is 4.37 Å². The largest absolute Gasteiger partial charge is 0.481 e. The fraction of sp³-hybridized carbons (Fsp3) is 0.294. The zero-order chi connectivity index (χ0) is 20.3. The predicted octanol–water partition coefficient (Wildman–Crippen LogP) is 3.04. The second-order valence-electron chi connectivity index (χ2n) is 5.77. The van der Waals surface area contributed by atoms with Crippen LogP contribution in [0.3, 0.4) is 0 Å². The van der Waals surface area contributed by atoms with Gasteiger partial charge in [0.1, 0.15) is 22.7 Å². The van der Waals surface area contributed by atoms with Gasteiger partial charge in [-0.2, -0.15) is 4.37 Å². The van der Waals surface area contributed by atoms with Gasteiger partial charge in [0.15, 0.2) is 5.70 Å². The predicted molar refractivity (Wildman–Crippen MR) is 102 cm³/mol. The Hall–Kier alpha value is -2.37. The van der Waals surface area contributed by atoms with Crippen molar-refractivity contribution in [2.24, 2.45) is 5.73 Å². The lowest BCUT2D eigenvalue weighted by molar-refractivity contribution is -0.132. The van der Waals surface area contributed by atoms with Crippen LogP contribution in [0, 0.1) is 11.6 Å². The summed E-state index contributed by atoms with van der Waals surface area (Å²) in [7, 11) is 0. The van der Waals surface area contributed by atoms with Gasteiger partial charge >= 0.3 is 5.97 Å². The topological polar surface area (TPSA) is 109 Å². The van der Waals surface area contributed by atoms with Crippen LogP contribution in [0.25, 0.3) is 0 Å². The number of carboxylic acid groups (broad SMARTS) is 1. The van der Waals surface area contributed by atoms with Gasteiger partial charge in [-0.05, 0) is 25.0 Å². The highest BCUT2D eigenvalue weighted by atomic mass is 32.2. The van der Waals surface area contributed by atoms with Crippen molar-refractivity contribution in [1.29, 1.82) is 0 Å². The van der Waals surface area contributed by atoms with Crippen LogP contribution in [0.4, 0.5) is 14.5 Å². The standard InChI is InChI=1S/C17H17F2N3O4S2/c18-9-4-3-5-10(19)12(9)15-22(13(16(24)25)14(20)27-15)11-8-21-28-17(11)26-7-2-1-6-23/h3-5,8,15,23H,1-2,6-7,20H2,(H,24,25). The van der Waals surface area contributed by atoms with Gasteiger partial charge in [0.25, 0.3) is 0 Å². The number of anilines is 1. The molecule has 0 bridgehead atoms. The number of thioether (sulfide) groups is 1. The molecule has 1 aromatic heterocycles. The first kappa shape index (κ1) is 20.4. The van der Waals surface area contributed by atoms with Gasteiger partial charge in [-0.15, -0.1) is 0 Å². The van der Waals surface area contributed by atoms with E-state index in [1.54, 1.807) is 0 Å². The minimum atomic E-state index is -1.33. The highest BCUT2D eigenvalue weighted by Gasteiger charge is 2.42. The van der Waals surface area contributed by atoms with Gasteiger partial charge in [-0.3, -0.25) is 0 Å². The zero-order valence-corrected chi connectivity index (χ0v) is 16.1. The maximum Gasteiger partial charge on any atom is 0.355 e. The molecule has 0 saturated heterocycles. The lowest BCUT2D eigenvalue weighted by Crippen LogP contribution is -2.28. The van der Waals surface area contributed by atoms with E-state index >= 15 is 0 Å². The van der Waals surface area contributed by atoms with Crippen LogP contribution in [-0.2, 0) is 4.79 Å². The van der Waals surface area contributed by atoms with Crippen LogP contribution in [0.2, 0.25) is 0 Å². The second-order valence-corrected chi connectivity index (χ2v) is 7.66. The van der Waals surface area contributed by atoms with E-state index in [1.165, 1.54) is 17.2 Å². The Morgan fingerprint density at radius 2 is 2.04 bits per heavy atom. The molecule has 1 unspecified atom stereocenters. The summed E-state index contributed by atoms with van der Waals surface area (Å²) in [6, 6.07) is 3.43. The first-order valence-corrected chi connectivity index (χ1v) is 9.92. The van der Waals surface area contributed by atoms with Gasteiger partial charge in [0, 0.05) is 18.1 Å². The van der Waals surface area contributed by atoms with Crippen LogP contribution in [0.5, 0.6) is 5.06 Å². The number of nitrogens with zero attached hydrogens (tertiary/aromatic N) is 2. The molecule has 28 heavy (non-hydrogen) atoms. The number of ether oxygens (including phenoxy) is 1. The van der Waals surface area contributed by atoms with E-state index in [1.807, 2.05) is 0 Å². The van der Waals surface area contributed by atoms with Crippen molar-refractivity contribution in [2.45, 2.75) is 18.2 Å². The summed E-state index contributed by atoms with van der Waals surface area (Å²) in [5.74, 6) is -2.95. The quantitative estimate of drug-likeness (QED) is 0.550. The molecule has 1 aliphatic heterocycles. The van der Waals surface area contributed by atoms with Gasteiger partial charge in [0.2, 0.25) is 5.06 Å². The first-order chi connectivity index (χ1) is 13.5. The molecule has 0 aliphatic carbocycles. The summed E-state index contributed by atoms with van der Waals surface area (Å²) < 4.78 is 38.5. The molecule has 3 rings (SSSR count). The lowest BCUT2D eigenvalue weighted by Gasteiger charge is -2.27. The number of benzene rings is 1. The summed E-state index contributed by atoms with van der Waals surface area (Å²) in [6.07, 6.45) is 2.50. The Bertz CT molecular complexity index is 886. The molecule has 150 valence electrons. The van der Waals surface area contributed by atoms with Crippen LogP contribution >= 0.6 is 23.3 Å². The molecule has 2 aromatic rings. The van der Waals surface area contributed by atoms with E-state index in [0.29, 0.717) is 17.9 Å². The minimum absolute atomic E-state index is 0.0265. The van der Waals surface area contributed by atoms with E-state index in [-0.39, 0.29) is 35.2 Å². The van der Waals surface area contributed by atoms with Crippen LogP contribution in [0.1, 0.15) is 23.8 Å². The Morgan fingerprint density at radius 1 is 1.32 bits per heavy atom. The number of carboxylic acids is 1. The summed E-state index contributed by atoms with van der Waals surface area (Å²) in [4.78, 5) is 13.0. The second kappa shape index (κ2) is 8.76. The number of aromatic nitrogens is 1. The van der Waals surface area contributed by atoms with E-state index < -0.39 is 23.0 Å². The number of carbonyl (C=O) groups is 1. The Labute approximate surface area is 167 Å². The highest BCUT2D eigenvalue weighted by Crippen LogP contribution is 2.52. The summed E-state index contributed by atoms with van der Waals surface area (Å²) in [5, 5.41) is 17.6. The van der Waals surface area contributed by atoms with Crippen LogP contribution in [0.15, 0.2) is 35.1 Å². The normalized spacial score (nSPS) is 16.7. The van der Waals surface area contributed by atoms with Crippen molar-refractivity contribution in [1.82, 2.24) is 4.37 Å². The van der Waals surface area contributed by atoms with Gasteiger partial charge in [0.05, 0.1) is 23.4 Å². The molecule has 7 nitrogen and oxygen atoms in total. The molecule has 0 saturated carbocycles. The Morgan fingerprint density at radius 3 is 2.68 bits per heavy atom. The van der Waals surface area contributed by atoms with Crippen LogP contribution < -0.4 is 15.4 Å². The number of aliphatic carboxylic acids is 1. The van der Waals surface area contributed by atoms with Gasteiger partial charge < -0.3 is 25.6 Å². The fourth-order valence-electron chi connectivity index (χ4n) is 2.72. The first-order valence-electron chi connectivity index (χ1n) is 8.26. The lowest BCUT2D eigenvalue weighted by atomic mass is 10.1. The van der Waals surface area contributed by atoms with Crippen molar-refractivity contribution in [3.8, 4) is 5.06 Å². The minimum Gasteiger partial charge on any atom is -0.481 e. The maximum atomic E-state index is 14.4. The SMILES string of the molecule is NC1=C(C(=O)O)N(c2cnsc2OCCCCO)C(c2c(F)cccc2F)S1. The molecular weight excluding hydrogens is 412 g/mol. The molecule has 1 aromatic carbocycles. The number of rotatable bonds is 8. The molecule has 0 spiro atoms. The number of halogens is 2. The number of hydrogen-bond acceptors (Lipinski definition) is 8. The van der Waals surface area contributed by atoms with Gasteiger partial charge in [-0.25, -0.2) is 13.6 Å². The molecule has 0 fully saturated rings. The number of unbranched alkanes of at least 4 members (excludes halogenated alkanes) is 1. The van der Waals surface area contributed by atoms with Crippen molar-refractivity contribution >= 4 is 35.0 Å². The molecular formula is C17H17F2N3O4S2. The third-order valence-corrected chi connectivity index (χ3v) is 5.78. The number of hydrogen-bond donors (Lipinski definition) is 3. The number of aliphatic hydroxyl groups excluding tert-OH is 1. The van der Waals surface area contributed by atoms with E-state index in [4.69, 9.17) is 15.6 Å². The maximum absolute atomic E-state index is 14.4. The summed E-state index contributed by atoms with van der Waals surface area (Å²) >= 11 is 1.83. The van der Waals surface area contributed by atoms with Crippen molar-refractivity contribution < 1.29 is 28.5 Å². The summed E-state index contributed by atoms with van der Waals surface area (Å²) in [5.41, 5.74) is 5.54. The molecule has 11 heteroatoms. The Kier molecular flexibility index (Phi) is 6.37. The van der Waals surface area contributed by atoms with Crippen molar-refractivity contribution in [3.05, 3.63) is 52.3 Å². The number of nitrogens with two attached hydrogens (primary N) is 1. The third-order valence-electron chi connectivity index (χ3n) is 3.96. The molecule has 2 heterocycles. The van der Waals surface area contributed by atoms with Crippen molar-refractivity contribution in [3.63, 3.8) is 0 Å². The highest BCUT2D eigenvalue weighted by molar-refractivity contribution is 8.03. The van der Waals surface area contributed by atoms with Crippen LogP contribution in [-0.4, -0.2) is 33.8 Å². The monoisotopic (exact) mass is 429 g/mol. The average molecular weight is 429 g/mol. The molecule has 1 atom stereocenters. The third kappa shape index (κ3) is 3.91. The Balaban J connectivity index is 2.01. The van der Waals surface area contributed by atoms with Crippen molar-refractivity contribution in [2.75, 3.05) is 18.1 Å². The number of aliphatic hydroxyl groups is 1. The zero-order valence-electron chi connectivity index (χ0n) is 14.5. The fourth-order valence-corrected chi connectivity index (χ4v) is 4.55. The molecule has 0 amide bonds. The molecule has 4 N–H and O–H groups in total. The van der Waals surface area contributed by atoms with Gasteiger partial charge in [-0.1, -0.05) is 17.8 Å². The molecule has 0 radical (unpaired) electrons. The summed E-state index contributed by atoms with van der Waals surface area (Å²) in [6.45, 7) is 0.301. The smallest absolute Gasteiger partial charge is 0.355 e. The van der Waals surface area contributed by atoms with E-state index in [0.717, 1.165) is 35.4 Å². The average Bonchev–Trinajstić information content (AvgIpc) is 3.22. The van der Waals surface area contributed by atoms with E-state index in [9.17, 15) is 18.7 Å².